The first-order valence-electron chi connectivity index (χ1n) is 8.30. The van der Waals surface area contributed by atoms with Gasteiger partial charge in [0, 0.05) is 24.5 Å². The zero-order valence-electron chi connectivity index (χ0n) is 15.2. The third-order valence-electron chi connectivity index (χ3n) is 3.71. The molecule has 0 bridgehead atoms. The molecule has 0 fully saturated rings. The molecule has 10 nitrogen and oxygen atoms in total. The van der Waals surface area contributed by atoms with Crippen LogP contribution >= 0.6 is 0 Å². The van der Waals surface area contributed by atoms with E-state index >= 15 is 0 Å². The van der Waals surface area contributed by atoms with Gasteiger partial charge in [-0.3, -0.25) is 24.1 Å². The predicted octanol–water partition coefficient (Wildman–Crippen LogP) is 0.0615. The van der Waals surface area contributed by atoms with E-state index in [1.807, 2.05) is 0 Å². The Morgan fingerprint density at radius 1 is 1.13 bits per heavy atom. The number of nitrogens with two attached hydrogens (primary N) is 1. The van der Waals surface area contributed by atoms with Crippen molar-refractivity contribution in [2.45, 2.75) is 19.1 Å². The van der Waals surface area contributed by atoms with Gasteiger partial charge < -0.3 is 15.8 Å². The number of carbonyl (C=O) groups excluding carboxylic acids is 3. The molecule has 0 aliphatic rings. The summed E-state index contributed by atoms with van der Waals surface area (Å²) in [5.74, 6) is -4.90. The van der Waals surface area contributed by atoms with Gasteiger partial charge in [-0.25, -0.2) is 9.59 Å². The lowest BCUT2D eigenvalue weighted by molar-refractivity contribution is -0.201. The average Bonchev–Trinajstić information content (AvgIpc) is 3.01. The van der Waals surface area contributed by atoms with Crippen LogP contribution in [0.15, 0.2) is 41.5 Å². The van der Waals surface area contributed by atoms with E-state index in [0.717, 1.165) is 4.57 Å². The molecule has 1 aromatic heterocycles. The molecule has 0 spiro atoms. The maximum atomic E-state index is 12.4. The van der Waals surface area contributed by atoms with Crippen LogP contribution in [0.4, 0.5) is 13.2 Å². The van der Waals surface area contributed by atoms with Crippen LogP contribution in [0.2, 0.25) is 0 Å². The number of amidine groups is 1. The first kappa shape index (κ1) is 22.4. The minimum Gasteiger partial charge on any atom is -0.386 e. The molecule has 0 atom stereocenters. The topological polar surface area (TPSA) is 149 Å². The molecule has 0 radical (unpaired) electrons. The van der Waals surface area contributed by atoms with Gasteiger partial charge in [0.2, 0.25) is 5.91 Å². The summed E-state index contributed by atoms with van der Waals surface area (Å²) < 4.78 is 41.8. The number of esters is 2. The van der Waals surface area contributed by atoms with Gasteiger partial charge >= 0.3 is 23.8 Å². The molecule has 0 aliphatic carbocycles. The monoisotopic (exact) mass is 427 g/mol. The Morgan fingerprint density at radius 3 is 2.33 bits per heavy atom. The maximum absolute atomic E-state index is 12.4. The fourth-order valence-electron chi connectivity index (χ4n) is 2.26. The number of benzene rings is 1. The van der Waals surface area contributed by atoms with Crippen molar-refractivity contribution >= 4 is 23.7 Å². The van der Waals surface area contributed by atoms with Crippen molar-refractivity contribution in [2.24, 2.45) is 5.73 Å². The minimum atomic E-state index is -5.29. The van der Waals surface area contributed by atoms with Gasteiger partial charge in [-0.2, -0.15) is 13.2 Å². The van der Waals surface area contributed by atoms with Gasteiger partial charge in [-0.1, -0.05) is 0 Å². The quantitative estimate of drug-likeness (QED) is 0.246. The smallest absolute Gasteiger partial charge is 0.386 e. The van der Waals surface area contributed by atoms with E-state index in [1.165, 1.54) is 17.0 Å². The largest absolute Gasteiger partial charge is 0.491 e. The molecule has 0 unspecified atom stereocenters. The van der Waals surface area contributed by atoms with Gasteiger partial charge in [0.25, 0.3) is 0 Å². The third kappa shape index (κ3) is 5.80. The molecule has 0 saturated carbocycles. The zero-order chi connectivity index (χ0) is 22.5. The van der Waals surface area contributed by atoms with Crippen molar-refractivity contribution in [3.8, 4) is 5.69 Å². The standard InChI is InChI=1S/C17H16F3N5O5/c18-17(19,20)15(28)30-13(27)5-6-23-12(26)9-24-7-8-25(16(24)29)11-3-1-10(2-4-11)14(21)22/h1-4,7-8H,5-6,9H2,(H3,21,22)(H,23,26). The Bertz CT molecular complexity index is 1020. The third-order valence-corrected chi connectivity index (χ3v) is 3.71. The summed E-state index contributed by atoms with van der Waals surface area (Å²) in [5, 5.41) is 9.57. The highest BCUT2D eigenvalue weighted by molar-refractivity contribution is 5.95. The molecule has 30 heavy (non-hydrogen) atoms. The Labute approximate surface area is 166 Å². The van der Waals surface area contributed by atoms with Gasteiger partial charge in [0.1, 0.15) is 12.4 Å². The molecule has 4 N–H and O–H groups in total. The number of hydrogen-bond donors (Lipinski definition) is 3. The number of halogens is 3. The minimum absolute atomic E-state index is 0.130. The molecule has 0 aliphatic heterocycles. The number of carbonyl (C=O) groups is 3. The maximum Gasteiger partial charge on any atom is 0.491 e. The lowest BCUT2D eigenvalue weighted by Crippen LogP contribution is -2.34. The van der Waals surface area contributed by atoms with Crippen LogP contribution in [0.1, 0.15) is 12.0 Å². The summed E-state index contributed by atoms with van der Waals surface area (Å²) in [4.78, 5) is 45.9. The van der Waals surface area contributed by atoms with Crippen molar-refractivity contribution in [1.29, 1.82) is 5.41 Å². The van der Waals surface area contributed by atoms with Gasteiger partial charge in [0.05, 0.1) is 12.1 Å². The first-order chi connectivity index (χ1) is 14.0. The van der Waals surface area contributed by atoms with Crippen LogP contribution < -0.4 is 16.7 Å². The zero-order valence-corrected chi connectivity index (χ0v) is 15.2. The molecule has 1 amide bonds. The van der Waals surface area contributed by atoms with Crippen molar-refractivity contribution in [3.63, 3.8) is 0 Å². The number of ether oxygens (including phenoxy) is 1. The molecule has 160 valence electrons. The summed E-state index contributed by atoms with van der Waals surface area (Å²) in [5.41, 5.74) is 5.76. The number of nitrogens with one attached hydrogen (secondary N) is 2. The molecular formula is C17H16F3N5O5. The van der Waals surface area contributed by atoms with E-state index in [1.54, 1.807) is 24.3 Å². The van der Waals surface area contributed by atoms with Crippen LogP contribution in [0.5, 0.6) is 0 Å². The van der Waals surface area contributed by atoms with Crippen LogP contribution in [-0.2, 0) is 25.7 Å². The highest BCUT2D eigenvalue weighted by atomic mass is 19.4. The highest BCUT2D eigenvalue weighted by Gasteiger charge is 2.42. The number of nitrogen functional groups attached to an aromatic ring is 1. The van der Waals surface area contributed by atoms with Crippen LogP contribution in [0, 0.1) is 5.41 Å². The van der Waals surface area contributed by atoms with Crippen LogP contribution in [0.25, 0.3) is 5.69 Å². The van der Waals surface area contributed by atoms with E-state index in [4.69, 9.17) is 11.1 Å². The summed E-state index contributed by atoms with van der Waals surface area (Å²) in [6, 6.07) is 6.24. The number of amides is 1. The van der Waals surface area contributed by atoms with E-state index in [0.29, 0.717) is 11.3 Å². The molecule has 1 heterocycles. The summed E-state index contributed by atoms with van der Waals surface area (Å²) in [7, 11) is 0. The fourth-order valence-corrected chi connectivity index (χ4v) is 2.26. The number of alkyl halides is 3. The SMILES string of the molecule is N=C(N)c1ccc(-n2ccn(CC(=O)NCCC(=O)OC(=O)C(F)(F)F)c2=O)cc1. The number of nitrogens with zero attached hydrogens (tertiary/aromatic N) is 2. The Morgan fingerprint density at radius 2 is 1.77 bits per heavy atom. The normalized spacial score (nSPS) is 11.0. The predicted molar refractivity (Wildman–Crippen MR) is 95.8 cm³/mol. The second-order valence-electron chi connectivity index (χ2n) is 5.90. The van der Waals surface area contributed by atoms with Crippen LogP contribution in [-0.4, -0.2) is 45.5 Å². The first-order valence-corrected chi connectivity index (χ1v) is 8.30. The highest BCUT2D eigenvalue weighted by Crippen LogP contribution is 2.16. The van der Waals surface area contributed by atoms with Crippen molar-refractivity contribution in [1.82, 2.24) is 14.5 Å². The van der Waals surface area contributed by atoms with Gasteiger partial charge in [-0.05, 0) is 24.3 Å². The Balaban J connectivity index is 1.89. The molecule has 2 aromatic rings. The van der Waals surface area contributed by atoms with Gasteiger partial charge in [0.15, 0.2) is 0 Å². The number of hydrogen-bond acceptors (Lipinski definition) is 6. The second-order valence-corrected chi connectivity index (χ2v) is 5.90. The van der Waals surface area contributed by atoms with Crippen molar-refractivity contribution in [3.05, 3.63) is 52.7 Å². The Hall–Kier alpha value is -3.90. The van der Waals surface area contributed by atoms with E-state index in [2.05, 4.69) is 10.1 Å². The molecule has 13 heteroatoms. The lowest BCUT2D eigenvalue weighted by atomic mass is 10.2. The van der Waals surface area contributed by atoms with E-state index in [-0.39, 0.29) is 12.4 Å². The summed E-state index contributed by atoms with van der Waals surface area (Å²) >= 11 is 0. The average molecular weight is 427 g/mol. The fraction of sp³-hybridized carbons (Fsp3) is 0.235. The van der Waals surface area contributed by atoms with E-state index in [9.17, 15) is 32.3 Å². The summed E-state index contributed by atoms with van der Waals surface area (Å²) in [6.07, 6.45) is -3.19. The summed E-state index contributed by atoms with van der Waals surface area (Å²) in [6.45, 7) is -0.793. The molecule has 0 saturated heterocycles. The van der Waals surface area contributed by atoms with Crippen LogP contribution in [0.3, 0.4) is 0 Å². The number of aromatic nitrogens is 2. The van der Waals surface area contributed by atoms with Crippen molar-refractivity contribution < 1.29 is 32.3 Å². The number of imidazole rings is 1. The van der Waals surface area contributed by atoms with E-state index < -0.39 is 42.7 Å². The second kappa shape index (κ2) is 9.07. The molecular weight excluding hydrogens is 411 g/mol. The number of rotatable bonds is 7. The molecule has 2 rings (SSSR count). The molecule has 1 aromatic carbocycles. The van der Waals surface area contributed by atoms with Gasteiger partial charge in [-0.15, -0.1) is 0 Å². The Kier molecular flexibility index (Phi) is 6.77. The lowest BCUT2D eigenvalue weighted by Gasteiger charge is -2.07. The van der Waals surface area contributed by atoms with Crippen molar-refractivity contribution in [2.75, 3.05) is 6.54 Å².